The maximum Gasteiger partial charge on any atom is 0.343 e. The smallest absolute Gasteiger partial charge is 0.343 e. The lowest BCUT2D eigenvalue weighted by molar-refractivity contribution is -0.171. The molecule has 6 heteroatoms. The van der Waals surface area contributed by atoms with Gasteiger partial charge in [-0.2, -0.15) is 0 Å². The quantitative estimate of drug-likeness (QED) is 0.775. The van der Waals surface area contributed by atoms with E-state index in [0.717, 1.165) is 11.3 Å². The maximum atomic E-state index is 12.7. The number of hydrogen-bond donors (Lipinski definition) is 0. The van der Waals surface area contributed by atoms with E-state index in [2.05, 4.69) is 0 Å². The van der Waals surface area contributed by atoms with E-state index in [1.807, 2.05) is 19.1 Å². The molecule has 1 saturated carbocycles. The molecule has 0 saturated heterocycles. The fourth-order valence-corrected chi connectivity index (χ4v) is 3.19. The molecule has 6 nitrogen and oxygen atoms in total. The van der Waals surface area contributed by atoms with Crippen LogP contribution in [0.1, 0.15) is 46.0 Å². The second kappa shape index (κ2) is 5.98. The molecule has 0 spiro atoms. The molecule has 1 heterocycles. The SMILES string of the molecule is CCOc1ccc(C2(C(=O)ON3C(=O)c4ccccc4C3=O)CC2)cc1. The molecule has 0 atom stereocenters. The summed E-state index contributed by atoms with van der Waals surface area (Å²) in [5.41, 5.74) is 0.482. The van der Waals surface area contributed by atoms with Gasteiger partial charge in [0, 0.05) is 0 Å². The fraction of sp³-hybridized carbons (Fsp3) is 0.250. The zero-order chi connectivity index (χ0) is 18.3. The molecule has 132 valence electrons. The van der Waals surface area contributed by atoms with Gasteiger partial charge in [0.2, 0.25) is 0 Å². The lowest BCUT2D eigenvalue weighted by Gasteiger charge is -2.19. The largest absolute Gasteiger partial charge is 0.494 e. The summed E-state index contributed by atoms with van der Waals surface area (Å²) in [6.45, 7) is 2.46. The van der Waals surface area contributed by atoms with Crippen molar-refractivity contribution in [1.82, 2.24) is 5.06 Å². The minimum atomic E-state index is -0.805. The number of fused-ring (bicyclic) bond motifs is 1. The van der Waals surface area contributed by atoms with Crippen LogP contribution in [0.25, 0.3) is 0 Å². The van der Waals surface area contributed by atoms with Crippen molar-refractivity contribution >= 4 is 17.8 Å². The van der Waals surface area contributed by atoms with Crippen molar-refractivity contribution in [2.45, 2.75) is 25.2 Å². The van der Waals surface area contributed by atoms with Gasteiger partial charge in [-0.1, -0.05) is 29.3 Å². The molecule has 4 rings (SSSR count). The molecule has 0 unspecified atom stereocenters. The van der Waals surface area contributed by atoms with E-state index >= 15 is 0 Å². The number of ether oxygens (including phenoxy) is 1. The third-order valence-electron chi connectivity index (χ3n) is 4.79. The van der Waals surface area contributed by atoms with Crippen molar-refractivity contribution in [3.63, 3.8) is 0 Å². The van der Waals surface area contributed by atoms with E-state index < -0.39 is 23.2 Å². The Kier molecular flexibility index (Phi) is 3.76. The topological polar surface area (TPSA) is 72.9 Å². The van der Waals surface area contributed by atoms with Crippen molar-refractivity contribution < 1.29 is 24.0 Å². The Bertz CT molecular complexity index is 864. The van der Waals surface area contributed by atoms with Crippen LogP contribution < -0.4 is 4.74 Å². The number of imide groups is 1. The molecule has 2 aliphatic rings. The average Bonchev–Trinajstić information content (AvgIpc) is 3.44. The molecule has 26 heavy (non-hydrogen) atoms. The predicted molar refractivity (Wildman–Crippen MR) is 91.6 cm³/mol. The van der Waals surface area contributed by atoms with Gasteiger partial charge in [0.25, 0.3) is 11.8 Å². The molecule has 2 amide bonds. The molecule has 2 aromatic carbocycles. The van der Waals surface area contributed by atoms with Crippen molar-refractivity contribution in [2.24, 2.45) is 0 Å². The maximum absolute atomic E-state index is 12.7. The van der Waals surface area contributed by atoms with E-state index in [-0.39, 0.29) is 11.1 Å². The second-order valence-corrected chi connectivity index (χ2v) is 6.37. The van der Waals surface area contributed by atoms with Gasteiger partial charge >= 0.3 is 5.97 Å². The lowest BCUT2D eigenvalue weighted by atomic mass is 9.96. The van der Waals surface area contributed by atoms with Crippen LogP contribution >= 0.6 is 0 Å². The Morgan fingerprint density at radius 2 is 1.58 bits per heavy atom. The first kappa shape index (κ1) is 16.3. The summed E-state index contributed by atoms with van der Waals surface area (Å²) >= 11 is 0. The van der Waals surface area contributed by atoms with Gasteiger partial charge < -0.3 is 9.57 Å². The first-order valence-electron chi connectivity index (χ1n) is 8.50. The summed E-state index contributed by atoms with van der Waals surface area (Å²) in [6.07, 6.45) is 1.23. The van der Waals surface area contributed by atoms with Gasteiger partial charge in [0.05, 0.1) is 23.1 Å². The Hall–Kier alpha value is -3.15. The van der Waals surface area contributed by atoms with Crippen LogP contribution in [-0.2, 0) is 15.0 Å². The highest BCUT2D eigenvalue weighted by molar-refractivity contribution is 6.21. The van der Waals surface area contributed by atoms with E-state index in [1.165, 1.54) is 0 Å². The molecular weight excluding hydrogens is 334 g/mol. The number of rotatable bonds is 5. The molecular formula is C20H17NO5. The normalized spacial score (nSPS) is 17.0. The number of carbonyl (C=O) groups excluding carboxylic acids is 3. The zero-order valence-electron chi connectivity index (χ0n) is 14.2. The molecule has 0 radical (unpaired) electrons. The minimum Gasteiger partial charge on any atom is -0.494 e. The molecule has 0 N–H and O–H groups in total. The van der Waals surface area contributed by atoms with Gasteiger partial charge in [0.15, 0.2) is 0 Å². The Labute approximate surface area is 150 Å². The van der Waals surface area contributed by atoms with Crippen LogP contribution in [0.3, 0.4) is 0 Å². The number of benzene rings is 2. The van der Waals surface area contributed by atoms with Crippen LogP contribution in [0.15, 0.2) is 48.5 Å². The first-order chi connectivity index (χ1) is 12.6. The van der Waals surface area contributed by atoms with Gasteiger partial charge in [-0.05, 0) is 49.6 Å². The summed E-state index contributed by atoms with van der Waals surface area (Å²) < 4.78 is 5.41. The van der Waals surface area contributed by atoms with Crippen molar-refractivity contribution in [2.75, 3.05) is 6.61 Å². The van der Waals surface area contributed by atoms with E-state index in [0.29, 0.717) is 24.5 Å². The predicted octanol–water partition coefficient (Wildman–Crippen LogP) is 2.87. The van der Waals surface area contributed by atoms with Crippen molar-refractivity contribution in [3.8, 4) is 5.75 Å². The van der Waals surface area contributed by atoms with E-state index in [9.17, 15) is 14.4 Å². The Morgan fingerprint density at radius 1 is 1.00 bits per heavy atom. The number of hydroxylamine groups is 2. The molecule has 2 aromatic rings. The molecule has 0 aromatic heterocycles. The molecule has 0 bridgehead atoms. The van der Waals surface area contributed by atoms with Crippen LogP contribution in [0, 0.1) is 0 Å². The standard InChI is InChI=1S/C20H17NO5/c1-2-25-14-9-7-13(8-10-14)20(11-12-20)19(24)26-21-17(22)15-5-3-4-6-16(15)18(21)23/h3-10H,2,11-12H2,1H3. The van der Waals surface area contributed by atoms with Crippen LogP contribution in [0.2, 0.25) is 0 Å². The minimum absolute atomic E-state index is 0.246. The van der Waals surface area contributed by atoms with Gasteiger partial charge in [-0.25, -0.2) is 4.79 Å². The van der Waals surface area contributed by atoms with Crippen molar-refractivity contribution in [3.05, 3.63) is 65.2 Å². The van der Waals surface area contributed by atoms with E-state index in [1.54, 1.807) is 36.4 Å². The Balaban J connectivity index is 1.53. The summed E-state index contributed by atoms with van der Waals surface area (Å²) in [6, 6.07) is 13.7. The summed E-state index contributed by atoms with van der Waals surface area (Å²) in [4.78, 5) is 42.7. The summed E-state index contributed by atoms with van der Waals surface area (Å²) in [5, 5.41) is 0.571. The summed E-state index contributed by atoms with van der Waals surface area (Å²) in [7, 11) is 0. The van der Waals surface area contributed by atoms with E-state index in [4.69, 9.17) is 9.57 Å². The first-order valence-corrected chi connectivity index (χ1v) is 8.50. The monoisotopic (exact) mass is 351 g/mol. The number of nitrogens with zero attached hydrogens (tertiary/aromatic N) is 1. The van der Waals surface area contributed by atoms with Crippen LogP contribution in [0.4, 0.5) is 0 Å². The zero-order valence-corrected chi connectivity index (χ0v) is 14.2. The van der Waals surface area contributed by atoms with Crippen LogP contribution in [0.5, 0.6) is 5.75 Å². The van der Waals surface area contributed by atoms with Gasteiger partial charge in [-0.3, -0.25) is 9.59 Å². The van der Waals surface area contributed by atoms with Gasteiger partial charge in [0.1, 0.15) is 5.75 Å². The summed E-state index contributed by atoms with van der Waals surface area (Å²) in [5.74, 6) is -1.08. The highest BCUT2D eigenvalue weighted by Crippen LogP contribution is 2.49. The average molecular weight is 351 g/mol. The molecule has 1 fully saturated rings. The third kappa shape index (κ3) is 2.45. The highest BCUT2D eigenvalue weighted by Gasteiger charge is 2.55. The van der Waals surface area contributed by atoms with Gasteiger partial charge in [-0.15, -0.1) is 0 Å². The molecule has 1 aliphatic carbocycles. The highest BCUT2D eigenvalue weighted by atomic mass is 16.7. The third-order valence-corrected chi connectivity index (χ3v) is 4.79. The lowest BCUT2D eigenvalue weighted by Crippen LogP contribution is -2.37. The number of hydrogen-bond acceptors (Lipinski definition) is 5. The van der Waals surface area contributed by atoms with Crippen LogP contribution in [-0.4, -0.2) is 29.5 Å². The Morgan fingerprint density at radius 3 is 2.08 bits per heavy atom. The van der Waals surface area contributed by atoms with Crippen molar-refractivity contribution in [1.29, 1.82) is 0 Å². The molecule has 1 aliphatic heterocycles. The second-order valence-electron chi connectivity index (χ2n) is 6.37. The number of amides is 2. The fourth-order valence-electron chi connectivity index (χ4n) is 3.19. The number of carbonyl (C=O) groups is 3.